The minimum atomic E-state index is 0.585. The Kier molecular flexibility index (Phi) is 3.94. The third kappa shape index (κ3) is 2.43. The fraction of sp³-hybridized carbons (Fsp3) is 0.867. The average Bonchev–Trinajstić information content (AvgIpc) is 2.31. The number of hydrogen-bond donors (Lipinski definition) is 0. The summed E-state index contributed by atoms with van der Waals surface area (Å²) in [5.74, 6) is 2.30. The van der Waals surface area contributed by atoms with Crippen LogP contribution < -0.4 is 0 Å². The van der Waals surface area contributed by atoms with Crippen LogP contribution in [0.3, 0.4) is 0 Å². The van der Waals surface area contributed by atoms with Gasteiger partial charge in [0.15, 0.2) is 0 Å². The van der Waals surface area contributed by atoms with Crippen LogP contribution >= 0.6 is 0 Å². The fourth-order valence-electron chi connectivity index (χ4n) is 3.37. The molecular weight excluding hydrogens is 208 g/mol. The van der Waals surface area contributed by atoms with Gasteiger partial charge in [0, 0.05) is 19.1 Å². The van der Waals surface area contributed by atoms with Gasteiger partial charge in [0.1, 0.15) is 0 Å². The molecule has 0 aromatic carbocycles. The number of nitrogens with zero attached hydrogens (tertiary/aromatic N) is 2. The third-order valence-corrected chi connectivity index (χ3v) is 5.24. The topological polar surface area (TPSA) is 6.48 Å². The standard InChI is InChI=1S/C15H28N2/c1-11-7-8-15(13(3)12(11)2)17-10-6-9-16(5)14(17)4/h7-8,11-15H,6,9-10H2,1-5H3. The molecule has 2 nitrogen and oxygen atoms in total. The van der Waals surface area contributed by atoms with Gasteiger partial charge in [-0.25, -0.2) is 0 Å². The van der Waals surface area contributed by atoms with Crippen LogP contribution in [0.5, 0.6) is 0 Å². The van der Waals surface area contributed by atoms with E-state index >= 15 is 0 Å². The maximum Gasteiger partial charge on any atom is 0.0596 e. The normalized spacial score (nSPS) is 45.1. The average molecular weight is 236 g/mol. The van der Waals surface area contributed by atoms with E-state index in [0.29, 0.717) is 12.2 Å². The zero-order valence-corrected chi connectivity index (χ0v) is 12.1. The van der Waals surface area contributed by atoms with Gasteiger partial charge < -0.3 is 0 Å². The van der Waals surface area contributed by atoms with Gasteiger partial charge in [0.05, 0.1) is 6.17 Å². The van der Waals surface area contributed by atoms with Crippen LogP contribution in [0.25, 0.3) is 0 Å². The molecular formula is C15H28N2. The molecule has 98 valence electrons. The summed E-state index contributed by atoms with van der Waals surface area (Å²) in [6.07, 6.45) is 6.78. The van der Waals surface area contributed by atoms with Crippen LogP contribution in [0, 0.1) is 17.8 Å². The molecule has 0 aromatic rings. The maximum absolute atomic E-state index is 2.69. The molecule has 0 N–H and O–H groups in total. The predicted molar refractivity (Wildman–Crippen MR) is 73.8 cm³/mol. The van der Waals surface area contributed by atoms with Gasteiger partial charge in [-0.3, -0.25) is 9.80 Å². The fourth-order valence-corrected chi connectivity index (χ4v) is 3.37. The lowest BCUT2D eigenvalue weighted by Crippen LogP contribution is -2.56. The van der Waals surface area contributed by atoms with Crippen molar-refractivity contribution in [2.45, 2.75) is 46.3 Å². The molecule has 1 fully saturated rings. The van der Waals surface area contributed by atoms with E-state index in [1.807, 2.05) is 0 Å². The molecule has 0 amide bonds. The van der Waals surface area contributed by atoms with E-state index in [1.165, 1.54) is 19.5 Å². The third-order valence-electron chi connectivity index (χ3n) is 5.24. The second kappa shape index (κ2) is 5.11. The van der Waals surface area contributed by atoms with E-state index < -0.39 is 0 Å². The van der Waals surface area contributed by atoms with Gasteiger partial charge in [-0.15, -0.1) is 0 Å². The number of rotatable bonds is 1. The Morgan fingerprint density at radius 1 is 0.941 bits per heavy atom. The van der Waals surface area contributed by atoms with Gasteiger partial charge >= 0.3 is 0 Å². The minimum Gasteiger partial charge on any atom is -0.291 e. The Bertz CT molecular complexity index is 287. The summed E-state index contributed by atoms with van der Waals surface area (Å²) in [4.78, 5) is 5.17. The van der Waals surface area contributed by atoms with Gasteiger partial charge in [0.2, 0.25) is 0 Å². The molecule has 2 heteroatoms. The summed E-state index contributed by atoms with van der Waals surface area (Å²) in [6, 6.07) is 0.638. The van der Waals surface area contributed by atoms with Crippen molar-refractivity contribution in [1.29, 1.82) is 0 Å². The van der Waals surface area contributed by atoms with E-state index in [1.54, 1.807) is 0 Å². The summed E-state index contributed by atoms with van der Waals surface area (Å²) in [5, 5.41) is 0. The lowest BCUT2D eigenvalue weighted by molar-refractivity contribution is -0.0112. The van der Waals surface area contributed by atoms with Crippen molar-refractivity contribution in [3.8, 4) is 0 Å². The smallest absolute Gasteiger partial charge is 0.0596 e. The quantitative estimate of drug-likeness (QED) is 0.646. The highest BCUT2D eigenvalue weighted by Gasteiger charge is 2.35. The van der Waals surface area contributed by atoms with Crippen molar-refractivity contribution in [3.05, 3.63) is 12.2 Å². The molecule has 0 saturated carbocycles. The Balaban J connectivity index is 2.13. The van der Waals surface area contributed by atoms with E-state index in [9.17, 15) is 0 Å². The highest BCUT2D eigenvalue weighted by molar-refractivity contribution is 5.07. The molecule has 0 spiro atoms. The molecule has 5 unspecified atom stereocenters. The first-order valence-electron chi connectivity index (χ1n) is 7.16. The van der Waals surface area contributed by atoms with Crippen molar-refractivity contribution in [3.63, 3.8) is 0 Å². The van der Waals surface area contributed by atoms with Crippen molar-refractivity contribution < 1.29 is 0 Å². The molecule has 5 atom stereocenters. The molecule has 1 saturated heterocycles. The van der Waals surface area contributed by atoms with E-state index in [0.717, 1.165) is 17.8 Å². The van der Waals surface area contributed by atoms with Crippen molar-refractivity contribution in [1.82, 2.24) is 9.80 Å². The highest BCUT2D eigenvalue weighted by atomic mass is 15.4. The zero-order valence-electron chi connectivity index (χ0n) is 12.1. The van der Waals surface area contributed by atoms with Crippen molar-refractivity contribution in [2.75, 3.05) is 20.1 Å². The van der Waals surface area contributed by atoms with Crippen LogP contribution in [-0.4, -0.2) is 42.1 Å². The Morgan fingerprint density at radius 3 is 2.35 bits per heavy atom. The molecule has 2 rings (SSSR count). The van der Waals surface area contributed by atoms with Crippen LogP contribution in [0.15, 0.2) is 12.2 Å². The van der Waals surface area contributed by atoms with E-state index in [2.05, 4.69) is 56.7 Å². The van der Waals surface area contributed by atoms with Gasteiger partial charge in [-0.1, -0.05) is 32.9 Å². The molecule has 1 heterocycles. The summed E-state index contributed by atoms with van der Waals surface area (Å²) >= 11 is 0. The predicted octanol–water partition coefficient (Wildman–Crippen LogP) is 2.82. The first-order chi connectivity index (χ1) is 8.02. The van der Waals surface area contributed by atoms with E-state index in [4.69, 9.17) is 0 Å². The maximum atomic E-state index is 2.69. The molecule has 17 heavy (non-hydrogen) atoms. The van der Waals surface area contributed by atoms with Crippen LogP contribution in [-0.2, 0) is 0 Å². The van der Waals surface area contributed by atoms with Crippen LogP contribution in [0.4, 0.5) is 0 Å². The monoisotopic (exact) mass is 236 g/mol. The first-order valence-corrected chi connectivity index (χ1v) is 7.16. The Labute approximate surface area is 107 Å². The van der Waals surface area contributed by atoms with Crippen LogP contribution in [0.1, 0.15) is 34.1 Å². The lowest BCUT2D eigenvalue weighted by Gasteiger charge is -2.48. The molecule has 0 radical (unpaired) electrons. The van der Waals surface area contributed by atoms with Crippen molar-refractivity contribution >= 4 is 0 Å². The molecule has 1 aliphatic carbocycles. The second-order valence-electron chi connectivity index (χ2n) is 6.16. The molecule has 0 bridgehead atoms. The van der Waals surface area contributed by atoms with E-state index in [-0.39, 0.29) is 0 Å². The van der Waals surface area contributed by atoms with Gasteiger partial charge in [-0.2, -0.15) is 0 Å². The largest absolute Gasteiger partial charge is 0.291 e. The lowest BCUT2D eigenvalue weighted by atomic mass is 9.75. The summed E-state index contributed by atoms with van der Waals surface area (Å²) in [5.41, 5.74) is 0. The van der Waals surface area contributed by atoms with Crippen molar-refractivity contribution in [2.24, 2.45) is 17.8 Å². The number of hydrogen-bond acceptors (Lipinski definition) is 2. The van der Waals surface area contributed by atoms with Gasteiger partial charge in [0.25, 0.3) is 0 Å². The minimum absolute atomic E-state index is 0.585. The molecule has 1 aliphatic heterocycles. The molecule has 2 aliphatic rings. The highest BCUT2D eigenvalue weighted by Crippen LogP contribution is 2.34. The zero-order chi connectivity index (χ0) is 12.6. The Morgan fingerprint density at radius 2 is 1.65 bits per heavy atom. The van der Waals surface area contributed by atoms with Crippen LogP contribution in [0.2, 0.25) is 0 Å². The molecule has 0 aromatic heterocycles. The Hall–Kier alpha value is -0.340. The summed E-state index contributed by atoms with van der Waals surface area (Å²) in [7, 11) is 2.25. The summed E-state index contributed by atoms with van der Waals surface area (Å²) < 4.78 is 0. The van der Waals surface area contributed by atoms with Gasteiger partial charge in [-0.05, 0) is 38.1 Å². The number of allylic oxidation sites excluding steroid dienone is 1. The first kappa shape index (κ1) is 13.1. The second-order valence-corrected chi connectivity index (χ2v) is 6.16. The summed E-state index contributed by atoms with van der Waals surface area (Å²) in [6.45, 7) is 12.0. The SMILES string of the molecule is CC1C=CC(N2CCCN(C)C2C)C(C)C1C.